The summed E-state index contributed by atoms with van der Waals surface area (Å²) in [6.45, 7) is 0.885. The highest BCUT2D eigenvalue weighted by atomic mass is 32.2. The number of hydrogen-bond donors (Lipinski definition) is 1. The van der Waals surface area contributed by atoms with E-state index < -0.39 is 5.97 Å². The Morgan fingerprint density at radius 1 is 1.31 bits per heavy atom. The normalized spacial score (nSPS) is 24.2. The fourth-order valence-electron chi connectivity index (χ4n) is 3.91. The molecule has 2 atom stereocenters. The van der Waals surface area contributed by atoms with Gasteiger partial charge in [-0.15, -0.1) is 11.8 Å². The molecular formula is C21H25NO3S. The summed E-state index contributed by atoms with van der Waals surface area (Å²) in [5.74, 6) is -0.0161. The largest absolute Gasteiger partial charge is 0.497 e. The summed E-state index contributed by atoms with van der Waals surface area (Å²) in [5, 5.41) is 13.8. The fourth-order valence-corrected chi connectivity index (χ4v) is 4.66. The Hall–Kier alpha value is -1.98. The number of carbonyl (C=O) groups is 1. The molecule has 0 aromatic heterocycles. The highest BCUT2D eigenvalue weighted by molar-refractivity contribution is 8.05. The van der Waals surface area contributed by atoms with Crippen molar-refractivity contribution in [2.24, 2.45) is 5.92 Å². The van der Waals surface area contributed by atoms with Crippen molar-refractivity contribution in [2.45, 2.75) is 18.3 Å². The van der Waals surface area contributed by atoms with Crippen LogP contribution >= 0.6 is 11.8 Å². The number of rotatable bonds is 7. The van der Waals surface area contributed by atoms with Crippen molar-refractivity contribution in [3.05, 3.63) is 63.9 Å². The molecule has 1 N–H and O–H groups in total. The number of fused-ring (bicyclic) bond motifs is 1. The van der Waals surface area contributed by atoms with E-state index in [1.54, 1.807) is 18.9 Å². The van der Waals surface area contributed by atoms with Crippen molar-refractivity contribution in [2.75, 3.05) is 27.7 Å². The molecule has 2 unspecified atom stereocenters. The quantitative estimate of drug-likeness (QED) is 0.783. The van der Waals surface area contributed by atoms with Crippen LogP contribution in [0.4, 0.5) is 0 Å². The van der Waals surface area contributed by atoms with Gasteiger partial charge in [0, 0.05) is 11.3 Å². The molecule has 0 saturated carbocycles. The average Bonchev–Trinajstić information content (AvgIpc) is 2.94. The number of allylic oxidation sites excluding steroid dienone is 4. The van der Waals surface area contributed by atoms with Crippen LogP contribution in [0.15, 0.2) is 58.4 Å². The first-order chi connectivity index (χ1) is 12.5. The van der Waals surface area contributed by atoms with Gasteiger partial charge in [-0.2, -0.15) is 0 Å². The molecule has 0 saturated heterocycles. The van der Waals surface area contributed by atoms with E-state index in [2.05, 4.69) is 54.1 Å². The molecule has 0 amide bonds. The van der Waals surface area contributed by atoms with Gasteiger partial charge in [-0.05, 0) is 72.8 Å². The molecule has 2 aliphatic rings. The molecule has 3 rings (SSSR count). The summed E-state index contributed by atoms with van der Waals surface area (Å²) in [7, 11) is 5.76. The number of carboxylic acid groups (broad SMARTS) is 1. The summed E-state index contributed by atoms with van der Waals surface area (Å²) >= 11 is 1.62. The summed E-state index contributed by atoms with van der Waals surface area (Å²) in [6, 6.07) is 8.08. The minimum Gasteiger partial charge on any atom is -0.497 e. The second kappa shape index (κ2) is 7.72. The molecule has 26 heavy (non-hydrogen) atoms. The van der Waals surface area contributed by atoms with Crippen LogP contribution in [0.3, 0.4) is 0 Å². The molecule has 0 spiro atoms. The molecular weight excluding hydrogens is 346 g/mol. The lowest BCUT2D eigenvalue weighted by Crippen LogP contribution is -2.36. The van der Waals surface area contributed by atoms with Crippen molar-refractivity contribution in [3.8, 4) is 5.75 Å². The predicted molar refractivity (Wildman–Crippen MR) is 106 cm³/mol. The number of carboxylic acids is 1. The molecule has 1 aliphatic carbocycles. The number of methoxy groups -OCH3 is 1. The lowest BCUT2D eigenvalue weighted by atomic mass is 9.68. The molecule has 1 heterocycles. The van der Waals surface area contributed by atoms with E-state index in [-0.39, 0.29) is 17.8 Å². The van der Waals surface area contributed by atoms with Gasteiger partial charge in [-0.1, -0.05) is 18.2 Å². The number of benzene rings is 1. The van der Waals surface area contributed by atoms with Crippen LogP contribution in [0.2, 0.25) is 0 Å². The van der Waals surface area contributed by atoms with Gasteiger partial charge in [0.25, 0.3) is 0 Å². The second-order valence-electron chi connectivity index (χ2n) is 7.08. The third kappa shape index (κ3) is 3.60. The first kappa shape index (κ1) is 18.8. The number of nitrogens with zero attached hydrogens (tertiary/aromatic N) is 1. The van der Waals surface area contributed by atoms with Crippen molar-refractivity contribution < 1.29 is 14.6 Å². The first-order valence-corrected chi connectivity index (χ1v) is 9.67. The van der Waals surface area contributed by atoms with E-state index in [1.807, 2.05) is 12.1 Å². The minimum absolute atomic E-state index is 0.0687. The van der Waals surface area contributed by atoms with E-state index in [0.717, 1.165) is 35.4 Å². The number of thioether (sulfide) groups is 1. The molecule has 1 aromatic rings. The number of hydrogen-bond acceptors (Lipinski definition) is 4. The Kier molecular flexibility index (Phi) is 5.58. The molecule has 1 aliphatic heterocycles. The lowest BCUT2D eigenvalue weighted by molar-refractivity contribution is -0.138. The van der Waals surface area contributed by atoms with Crippen LogP contribution in [0.5, 0.6) is 5.75 Å². The minimum atomic E-state index is -0.757. The van der Waals surface area contributed by atoms with Gasteiger partial charge in [0.05, 0.1) is 13.5 Å². The Labute approximate surface area is 159 Å². The SMILES string of the molecule is COc1ccc(C2(CCN(C)C)C=C3C=CSC=C3C2CC(=O)O)cc1. The van der Waals surface area contributed by atoms with Crippen LogP contribution in [-0.4, -0.2) is 43.7 Å². The summed E-state index contributed by atoms with van der Waals surface area (Å²) in [5.41, 5.74) is 3.12. The summed E-state index contributed by atoms with van der Waals surface area (Å²) < 4.78 is 5.31. The van der Waals surface area contributed by atoms with Gasteiger partial charge in [0.2, 0.25) is 0 Å². The number of ether oxygens (including phenoxy) is 1. The maximum atomic E-state index is 11.7. The van der Waals surface area contributed by atoms with Gasteiger partial charge >= 0.3 is 5.97 Å². The van der Waals surface area contributed by atoms with E-state index in [0.29, 0.717) is 0 Å². The average molecular weight is 372 g/mol. The second-order valence-corrected chi connectivity index (χ2v) is 7.86. The van der Waals surface area contributed by atoms with Crippen LogP contribution in [0.25, 0.3) is 0 Å². The Balaban J connectivity index is 2.11. The third-order valence-corrected chi connectivity index (χ3v) is 5.93. The van der Waals surface area contributed by atoms with E-state index >= 15 is 0 Å². The molecule has 1 aromatic carbocycles. The van der Waals surface area contributed by atoms with E-state index in [9.17, 15) is 9.90 Å². The molecule has 5 heteroatoms. The zero-order valence-corrected chi connectivity index (χ0v) is 16.3. The molecule has 0 bridgehead atoms. The van der Waals surface area contributed by atoms with Crippen LogP contribution in [0, 0.1) is 5.92 Å². The van der Waals surface area contributed by atoms with Gasteiger partial charge < -0.3 is 14.7 Å². The van der Waals surface area contributed by atoms with Gasteiger partial charge in [0.15, 0.2) is 0 Å². The van der Waals surface area contributed by atoms with Gasteiger partial charge in [-0.3, -0.25) is 4.79 Å². The molecule has 138 valence electrons. The Morgan fingerprint density at radius 3 is 2.65 bits per heavy atom. The van der Waals surface area contributed by atoms with Gasteiger partial charge in [0.1, 0.15) is 5.75 Å². The zero-order chi connectivity index (χ0) is 18.7. The zero-order valence-electron chi connectivity index (χ0n) is 15.4. The lowest BCUT2D eigenvalue weighted by Gasteiger charge is -2.36. The van der Waals surface area contributed by atoms with Gasteiger partial charge in [-0.25, -0.2) is 0 Å². The first-order valence-electron chi connectivity index (χ1n) is 8.72. The van der Waals surface area contributed by atoms with Crippen LogP contribution in [0.1, 0.15) is 18.4 Å². The Morgan fingerprint density at radius 2 is 2.04 bits per heavy atom. The van der Waals surface area contributed by atoms with Crippen LogP contribution in [-0.2, 0) is 10.2 Å². The van der Waals surface area contributed by atoms with Crippen molar-refractivity contribution >= 4 is 17.7 Å². The maximum Gasteiger partial charge on any atom is 0.304 e. The highest BCUT2D eigenvalue weighted by Gasteiger charge is 2.46. The topological polar surface area (TPSA) is 49.8 Å². The molecule has 0 fully saturated rings. The third-order valence-electron chi connectivity index (χ3n) is 5.24. The number of aliphatic carboxylic acids is 1. The van der Waals surface area contributed by atoms with Crippen molar-refractivity contribution in [1.82, 2.24) is 4.90 Å². The standard InChI is InChI=1S/C21H25NO3S/c1-22(2)10-9-21(16-4-6-17(25-3)7-5-16)13-15-8-11-26-14-18(15)19(21)12-20(23)24/h4-8,11,13-14,19H,9-10,12H2,1-3H3,(H,23,24). The smallest absolute Gasteiger partial charge is 0.304 e. The van der Waals surface area contributed by atoms with Crippen molar-refractivity contribution in [1.29, 1.82) is 0 Å². The van der Waals surface area contributed by atoms with Crippen molar-refractivity contribution in [3.63, 3.8) is 0 Å². The summed E-state index contributed by atoms with van der Waals surface area (Å²) in [4.78, 5) is 13.8. The predicted octanol–water partition coefficient (Wildman–Crippen LogP) is 4.06. The summed E-state index contributed by atoms with van der Waals surface area (Å²) in [6.07, 6.45) is 5.38. The Bertz CT molecular complexity index is 764. The molecule has 4 nitrogen and oxygen atoms in total. The fraction of sp³-hybridized carbons (Fsp3) is 0.381. The van der Waals surface area contributed by atoms with E-state index in [4.69, 9.17) is 4.74 Å². The monoisotopic (exact) mass is 371 g/mol. The highest BCUT2D eigenvalue weighted by Crippen LogP contribution is 2.53. The van der Waals surface area contributed by atoms with Crippen LogP contribution < -0.4 is 4.74 Å². The maximum absolute atomic E-state index is 11.7. The molecule has 0 radical (unpaired) electrons. The van der Waals surface area contributed by atoms with E-state index in [1.165, 1.54) is 0 Å².